The third-order valence-corrected chi connectivity index (χ3v) is 3.62. The fourth-order valence-electron chi connectivity index (χ4n) is 2.08. The van der Waals surface area contributed by atoms with Crippen LogP contribution in [-0.4, -0.2) is 16.3 Å². The van der Waals surface area contributed by atoms with Gasteiger partial charge in [0.1, 0.15) is 0 Å². The van der Waals surface area contributed by atoms with Gasteiger partial charge in [-0.15, -0.1) is 0 Å². The zero-order chi connectivity index (χ0) is 10.7. The van der Waals surface area contributed by atoms with Crippen molar-refractivity contribution in [2.24, 2.45) is 5.41 Å². The van der Waals surface area contributed by atoms with Gasteiger partial charge in [-0.1, -0.05) is 6.92 Å². The summed E-state index contributed by atoms with van der Waals surface area (Å²) >= 11 is 0. The molecule has 84 valence electrons. The van der Waals surface area contributed by atoms with Gasteiger partial charge in [-0.2, -0.15) is 5.10 Å². The Morgan fingerprint density at radius 3 is 2.87 bits per heavy atom. The molecule has 3 heteroatoms. The molecule has 1 heterocycles. The number of aromatic nitrogens is 2. The molecule has 0 aromatic carbocycles. The molecule has 1 N–H and O–H groups in total. The van der Waals surface area contributed by atoms with Gasteiger partial charge in [0, 0.05) is 25.8 Å². The summed E-state index contributed by atoms with van der Waals surface area (Å²) in [6, 6.07) is 2.10. The summed E-state index contributed by atoms with van der Waals surface area (Å²) in [5.41, 5.74) is 1.93. The summed E-state index contributed by atoms with van der Waals surface area (Å²) in [6.45, 7) is 7.51. The maximum atomic E-state index is 4.26. The first kappa shape index (κ1) is 10.7. The Hall–Kier alpha value is -0.830. The monoisotopic (exact) mass is 207 g/mol. The highest BCUT2D eigenvalue weighted by Crippen LogP contribution is 2.47. The fourth-order valence-corrected chi connectivity index (χ4v) is 2.08. The normalized spacial score (nSPS) is 18.0. The van der Waals surface area contributed by atoms with Crippen molar-refractivity contribution in [2.75, 3.05) is 6.54 Å². The Kier molecular flexibility index (Phi) is 3.10. The smallest absolute Gasteiger partial charge is 0.0521 e. The van der Waals surface area contributed by atoms with Crippen LogP contribution in [0, 0.1) is 5.41 Å². The third-order valence-electron chi connectivity index (χ3n) is 3.62. The molecule has 0 radical (unpaired) electrons. The van der Waals surface area contributed by atoms with Gasteiger partial charge >= 0.3 is 0 Å². The predicted molar refractivity (Wildman–Crippen MR) is 61.6 cm³/mol. The first-order valence-corrected chi connectivity index (χ1v) is 6.01. The van der Waals surface area contributed by atoms with Crippen molar-refractivity contribution in [1.82, 2.24) is 15.1 Å². The van der Waals surface area contributed by atoms with Gasteiger partial charge in [0.2, 0.25) is 0 Å². The molecule has 1 fully saturated rings. The quantitative estimate of drug-likeness (QED) is 0.775. The minimum Gasteiger partial charge on any atom is -0.311 e. The van der Waals surface area contributed by atoms with E-state index in [9.17, 15) is 0 Å². The Bertz CT molecular complexity index is 312. The molecular formula is C12H21N3. The van der Waals surface area contributed by atoms with E-state index in [0.29, 0.717) is 5.41 Å². The van der Waals surface area contributed by atoms with Crippen LogP contribution in [0.4, 0.5) is 0 Å². The maximum Gasteiger partial charge on any atom is 0.0521 e. The molecular weight excluding hydrogens is 186 g/mol. The minimum absolute atomic E-state index is 0.636. The summed E-state index contributed by atoms with van der Waals surface area (Å²) in [7, 11) is 0. The number of nitrogens with zero attached hydrogens (tertiary/aromatic N) is 2. The van der Waals surface area contributed by atoms with Crippen LogP contribution in [0.2, 0.25) is 0 Å². The van der Waals surface area contributed by atoms with Gasteiger partial charge in [0.25, 0.3) is 0 Å². The van der Waals surface area contributed by atoms with Crippen LogP contribution < -0.4 is 5.32 Å². The van der Waals surface area contributed by atoms with Crippen molar-refractivity contribution in [3.8, 4) is 0 Å². The molecule has 1 saturated carbocycles. The summed E-state index contributed by atoms with van der Waals surface area (Å²) in [5, 5.41) is 7.82. The van der Waals surface area contributed by atoms with Crippen LogP contribution in [0.25, 0.3) is 0 Å². The average Bonchev–Trinajstić information content (AvgIpc) is 2.90. The van der Waals surface area contributed by atoms with Crippen LogP contribution in [0.15, 0.2) is 12.3 Å². The second-order valence-electron chi connectivity index (χ2n) is 4.60. The molecule has 1 aromatic heterocycles. The predicted octanol–water partition coefficient (Wildman–Crippen LogP) is 2.18. The third kappa shape index (κ3) is 2.40. The Morgan fingerprint density at radius 2 is 2.27 bits per heavy atom. The molecule has 3 nitrogen and oxygen atoms in total. The van der Waals surface area contributed by atoms with E-state index in [4.69, 9.17) is 0 Å². The molecule has 0 saturated heterocycles. The van der Waals surface area contributed by atoms with E-state index in [1.54, 1.807) is 0 Å². The Balaban J connectivity index is 1.78. The van der Waals surface area contributed by atoms with Gasteiger partial charge in [-0.05, 0) is 37.7 Å². The van der Waals surface area contributed by atoms with Gasteiger partial charge in [0.15, 0.2) is 0 Å². The van der Waals surface area contributed by atoms with E-state index >= 15 is 0 Å². The van der Waals surface area contributed by atoms with E-state index < -0.39 is 0 Å². The van der Waals surface area contributed by atoms with E-state index in [0.717, 1.165) is 13.1 Å². The molecule has 15 heavy (non-hydrogen) atoms. The van der Waals surface area contributed by atoms with Crippen LogP contribution >= 0.6 is 0 Å². The van der Waals surface area contributed by atoms with Crippen LogP contribution in [0.3, 0.4) is 0 Å². The van der Waals surface area contributed by atoms with Crippen molar-refractivity contribution in [3.63, 3.8) is 0 Å². The Labute approximate surface area is 91.9 Å². The molecule has 0 aliphatic heterocycles. The summed E-state index contributed by atoms with van der Waals surface area (Å²) in [6.07, 6.45) is 6.01. The van der Waals surface area contributed by atoms with E-state index in [2.05, 4.69) is 35.0 Å². The van der Waals surface area contributed by atoms with Crippen molar-refractivity contribution in [2.45, 2.75) is 46.2 Å². The lowest BCUT2D eigenvalue weighted by Crippen LogP contribution is -2.24. The Morgan fingerprint density at radius 1 is 1.47 bits per heavy atom. The van der Waals surface area contributed by atoms with Gasteiger partial charge < -0.3 is 5.32 Å². The lowest BCUT2D eigenvalue weighted by Gasteiger charge is -2.13. The molecule has 1 aliphatic rings. The first-order chi connectivity index (χ1) is 7.29. The van der Waals surface area contributed by atoms with Crippen molar-refractivity contribution < 1.29 is 0 Å². The lowest BCUT2D eigenvalue weighted by molar-refractivity contribution is 0.436. The summed E-state index contributed by atoms with van der Waals surface area (Å²) in [4.78, 5) is 0. The molecule has 0 unspecified atom stereocenters. The van der Waals surface area contributed by atoms with E-state index in [1.807, 2.05) is 6.20 Å². The number of aryl methyl sites for hydroxylation is 1. The largest absolute Gasteiger partial charge is 0.311 e. The molecule has 1 aliphatic carbocycles. The highest BCUT2D eigenvalue weighted by atomic mass is 15.3. The average molecular weight is 207 g/mol. The van der Waals surface area contributed by atoms with Crippen LogP contribution in [0.5, 0.6) is 0 Å². The van der Waals surface area contributed by atoms with Gasteiger partial charge in [-0.25, -0.2) is 0 Å². The number of hydrogen-bond donors (Lipinski definition) is 1. The number of hydrogen-bond acceptors (Lipinski definition) is 2. The maximum absolute atomic E-state index is 4.26. The number of rotatable bonds is 6. The van der Waals surface area contributed by atoms with E-state index in [1.165, 1.54) is 31.5 Å². The number of nitrogens with one attached hydrogen (secondary N) is 1. The second kappa shape index (κ2) is 4.35. The van der Waals surface area contributed by atoms with Gasteiger partial charge in [-0.3, -0.25) is 4.68 Å². The first-order valence-electron chi connectivity index (χ1n) is 6.01. The second-order valence-corrected chi connectivity index (χ2v) is 4.60. The zero-order valence-corrected chi connectivity index (χ0v) is 9.79. The van der Waals surface area contributed by atoms with Gasteiger partial charge in [0.05, 0.1) is 5.69 Å². The van der Waals surface area contributed by atoms with Crippen LogP contribution in [-0.2, 0) is 13.1 Å². The van der Waals surface area contributed by atoms with E-state index in [-0.39, 0.29) is 0 Å². The van der Waals surface area contributed by atoms with Crippen molar-refractivity contribution in [3.05, 3.63) is 18.0 Å². The summed E-state index contributed by atoms with van der Waals surface area (Å²) < 4.78 is 2.05. The SMILES string of the molecule is CCn1nccc1CNCC1(CC)CC1. The van der Waals surface area contributed by atoms with Crippen molar-refractivity contribution >= 4 is 0 Å². The lowest BCUT2D eigenvalue weighted by atomic mass is 10.0. The molecule has 2 rings (SSSR count). The topological polar surface area (TPSA) is 29.9 Å². The zero-order valence-electron chi connectivity index (χ0n) is 9.79. The standard InChI is InChI=1S/C12H21N3/c1-3-12(6-7-12)10-13-9-11-5-8-14-15(11)4-2/h5,8,13H,3-4,6-7,9-10H2,1-2H3. The molecule has 0 amide bonds. The minimum atomic E-state index is 0.636. The fraction of sp³-hybridized carbons (Fsp3) is 0.750. The molecule has 0 atom stereocenters. The molecule has 0 spiro atoms. The highest BCUT2D eigenvalue weighted by molar-refractivity contribution is 5.01. The summed E-state index contributed by atoms with van der Waals surface area (Å²) in [5.74, 6) is 0. The molecule has 0 bridgehead atoms. The molecule has 1 aromatic rings. The van der Waals surface area contributed by atoms with Crippen LogP contribution in [0.1, 0.15) is 38.8 Å². The van der Waals surface area contributed by atoms with Crippen molar-refractivity contribution in [1.29, 1.82) is 0 Å². The highest BCUT2D eigenvalue weighted by Gasteiger charge is 2.39.